The number of carbonyl (C=O) groups excluding carboxylic acids is 3. The molecule has 162 valence electrons. The van der Waals surface area contributed by atoms with E-state index in [2.05, 4.69) is 21.2 Å². The van der Waals surface area contributed by atoms with E-state index in [1.54, 1.807) is 37.3 Å². The number of nitrogens with one attached hydrogen (secondary N) is 1. The number of halogens is 2. The molecular formula is C20H17BrClN3O6. The lowest BCUT2D eigenvalue weighted by atomic mass is 10.1. The SMILES string of the molecule is Cc1ccc(N2C[C@H](C(=O)OCC(=O)Nc3ccc(Br)c(Cl)c3)CC2=O)cc1[N+](=O)[O-]. The van der Waals surface area contributed by atoms with Crippen LogP contribution in [0.3, 0.4) is 0 Å². The summed E-state index contributed by atoms with van der Waals surface area (Å²) < 4.78 is 5.72. The number of nitro benzene ring substituents is 1. The zero-order chi connectivity index (χ0) is 22.7. The lowest BCUT2D eigenvalue weighted by molar-refractivity contribution is -0.385. The van der Waals surface area contributed by atoms with Gasteiger partial charge in [0.05, 0.1) is 21.6 Å². The molecule has 0 bridgehead atoms. The topological polar surface area (TPSA) is 119 Å². The molecule has 1 aliphatic heterocycles. The Morgan fingerprint density at radius 1 is 1.32 bits per heavy atom. The van der Waals surface area contributed by atoms with Gasteiger partial charge in [-0.25, -0.2) is 0 Å². The van der Waals surface area contributed by atoms with Gasteiger partial charge in [-0.1, -0.05) is 17.7 Å². The Bertz CT molecular complexity index is 1080. The molecule has 2 aromatic carbocycles. The van der Waals surface area contributed by atoms with Crippen LogP contribution in [0.5, 0.6) is 0 Å². The van der Waals surface area contributed by atoms with E-state index in [1.165, 1.54) is 11.0 Å². The molecule has 1 N–H and O–H groups in total. The lowest BCUT2D eigenvalue weighted by Crippen LogP contribution is -2.28. The van der Waals surface area contributed by atoms with Crippen molar-refractivity contribution in [2.75, 3.05) is 23.4 Å². The summed E-state index contributed by atoms with van der Waals surface area (Å²) in [6.45, 7) is 1.09. The van der Waals surface area contributed by atoms with Gasteiger partial charge in [-0.05, 0) is 47.1 Å². The fourth-order valence-electron chi connectivity index (χ4n) is 3.10. The monoisotopic (exact) mass is 509 g/mol. The van der Waals surface area contributed by atoms with Crippen molar-refractivity contribution >= 4 is 62.4 Å². The maximum Gasteiger partial charge on any atom is 0.311 e. The number of nitrogens with zero attached hydrogens (tertiary/aromatic N) is 2. The molecule has 31 heavy (non-hydrogen) atoms. The molecule has 0 saturated carbocycles. The predicted molar refractivity (Wildman–Crippen MR) is 117 cm³/mol. The molecule has 9 nitrogen and oxygen atoms in total. The molecule has 3 rings (SSSR count). The number of hydrogen-bond acceptors (Lipinski definition) is 6. The average molecular weight is 511 g/mol. The first-order valence-electron chi connectivity index (χ1n) is 9.12. The summed E-state index contributed by atoms with van der Waals surface area (Å²) in [5.74, 6) is -2.37. The van der Waals surface area contributed by atoms with Gasteiger partial charge in [0.25, 0.3) is 11.6 Å². The summed E-state index contributed by atoms with van der Waals surface area (Å²) in [6, 6.07) is 9.27. The van der Waals surface area contributed by atoms with E-state index >= 15 is 0 Å². The van der Waals surface area contributed by atoms with Gasteiger partial charge in [-0.2, -0.15) is 0 Å². The van der Waals surface area contributed by atoms with Crippen molar-refractivity contribution in [3.63, 3.8) is 0 Å². The van der Waals surface area contributed by atoms with E-state index in [0.29, 0.717) is 26.4 Å². The molecule has 0 aliphatic carbocycles. The van der Waals surface area contributed by atoms with Gasteiger partial charge in [-0.15, -0.1) is 0 Å². The molecule has 1 atom stereocenters. The molecular weight excluding hydrogens is 494 g/mol. The van der Waals surface area contributed by atoms with Gasteiger partial charge in [0, 0.05) is 34.8 Å². The first-order chi connectivity index (χ1) is 14.7. The van der Waals surface area contributed by atoms with Crippen LogP contribution in [0, 0.1) is 23.0 Å². The van der Waals surface area contributed by atoms with E-state index in [0.717, 1.165) is 0 Å². The standard InChI is InChI=1S/C20H17BrClN3O6/c1-11-2-4-14(8-17(11)25(29)30)24-9-12(6-19(24)27)20(28)31-10-18(26)23-13-3-5-15(21)16(22)7-13/h2-5,7-8,12H,6,9-10H2,1H3,(H,23,26)/t12-/m1/s1. The number of nitro groups is 1. The third kappa shape index (κ3) is 5.39. The van der Waals surface area contributed by atoms with Crippen molar-refractivity contribution in [3.05, 3.63) is 61.6 Å². The highest BCUT2D eigenvalue weighted by Gasteiger charge is 2.37. The summed E-state index contributed by atoms with van der Waals surface area (Å²) in [5.41, 5.74) is 1.13. The largest absolute Gasteiger partial charge is 0.455 e. The first-order valence-corrected chi connectivity index (χ1v) is 10.3. The molecule has 0 spiro atoms. The first kappa shape index (κ1) is 22.7. The zero-order valence-electron chi connectivity index (χ0n) is 16.3. The van der Waals surface area contributed by atoms with E-state index in [1.807, 2.05) is 0 Å². The van der Waals surface area contributed by atoms with E-state index < -0.39 is 29.3 Å². The van der Waals surface area contributed by atoms with Crippen LogP contribution in [0.1, 0.15) is 12.0 Å². The maximum atomic E-state index is 12.3. The molecule has 0 radical (unpaired) electrons. The van der Waals surface area contributed by atoms with Crippen molar-refractivity contribution in [1.29, 1.82) is 0 Å². The second kappa shape index (κ2) is 9.44. The number of aryl methyl sites for hydroxylation is 1. The van der Waals surface area contributed by atoms with Crippen LogP contribution < -0.4 is 10.2 Å². The van der Waals surface area contributed by atoms with Crippen LogP contribution in [0.2, 0.25) is 5.02 Å². The molecule has 0 unspecified atom stereocenters. The molecule has 1 fully saturated rings. The second-order valence-electron chi connectivity index (χ2n) is 6.92. The smallest absolute Gasteiger partial charge is 0.311 e. The Balaban J connectivity index is 1.57. The Morgan fingerprint density at radius 3 is 2.74 bits per heavy atom. The van der Waals surface area contributed by atoms with Crippen LogP contribution in [0.25, 0.3) is 0 Å². The number of ether oxygens (including phenoxy) is 1. The minimum absolute atomic E-state index is 0.0157. The van der Waals surface area contributed by atoms with Crippen molar-refractivity contribution < 1.29 is 24.0 Å². The Kier molecular flexibility index (Phi) is 6.91. The van der Waals surface area contributed by atoms with Gasteiger partial charge in [0.15, 0.2) is 6.61 Å². The summed E-state index contributed by atoms with van der Waals surface area (Å²) in [4.78, 5) is 48.6. The van der Waals surface area contributed by atoms with Crippen LogP contribution in [-0.4, -0.2) is 35.9 Å². The molecule has 1 aliphatic rings. The van der Waals surface area contributed by atoms with E-state index in [9.17, 15) is 24.5 Å². The number of anilines is 2. The minimum atomic E-state index is -0.775. The van der Waals surface area contributed by atoms with Gasteiger partial charge >= 0.3 is 5.97 Å². The normalized spacial score (nSPS) is 15.6. The Labute approximate surface area is 190 Å². The van der Waals surface area contributed by atoms with E-state index in [4.69, 9.17) is 16.3 Å². The van der Waals surface area contributed by atoms with Gasteiger partial charge in [0.1, 0.15) is 0 Å². The lowest BCUT2D eigenvalue weighted by Gasteiger charge is -2.16. The number of carbonyl (C=O) groups is 3. The number of esters is 1. The quantitative estimate of drug-likeness (QED) is 0.358. The summed E-state index contributed by atoms with van der Waals surface area (Å²) in [6.07, 6.45) is -0.107. The summed E-state index contributed by atoms with van der Waals surface area (Å²) in [7, 11) is 0. The predicted octanol–water partition coefficient (Wildman–Crippen LogP) is 3.85. The van der Waals surface area contributed by atoms with Gasteiger partial charge < -0.3 is 15.0 Å². The van der Waals surface area contributed by atoms with Crippen molar-refractivity contribution in [1.82, 2.24) is 0 Å². The fourth-order valence-corrected chi connectivity index (χ4v) is 3.53. The Morgan fingerprint density at radius 2 is 2.06 bits per heavy atom. The molecule has 1 saturated heterocycles. The number of hydrogen-bond donors (Lipinski definition) is 1. The maximum absolute atomic E-state index is 12.3. The van der Waals surface area contributed by atoms with Gasteiger partial charge in [-0.3, -0.25) is 24.5 Å². The highest BCUT2D eigenvalue weighted by Crippen LogP contribution is 2.30. The van der Waals surface area contributed by atoms with Crippen LogP contribution in [-0.2, 0) is 19.1 Å². The molecule has 0 aromatic heterocycles. The van der Waals surface area contributed by atoms with Gasteiger partial charge in [0.2, 0.25) is 5.91 Å². The molecule has 11 heteroatoms. The Hall–Kier alpha value is -2.98. The van der Waals surface area contributed by atoms with Crippen LogP contribution in [0.4, 0.5) is 17.1 Å². The fraction of sp³-hybridized carbons (Fsp3) is 0.250. The number of benzene rings is 2. The van der Waals surface area contributed by atoms with Crippen molar-refractivity contribution in [2.45, 2.75) is 13.3 Å². The summed E-state index contributed by atoms with van der Waals surface area (Å²) in [5, 5.41) is 14.1. The third-order valence-corrected chi connectivity index (χ3v) is 5.94. The molecule has 2 aromatic rings. The highest BCUT2D eigenvalue weighted by atomic mass is 79.9. The number of rotatable bonds is 6. The second-order valence-corrected chi connectivity index (χ2v) is 8.18. The summed E-state index contributed by atoms with van der Waals surface area (Å²) >= 11 is 9.21. The minimum Gasteiger partial charge on any atom is -0.455 e. The average Bonchev–Trinajstić information content (AvgIpc) is 3.11. The van der Waals surface area contributed by atoms with Crippen molar-refractivity contribution in [3.8, 4) is 0 Å². The van der Waals surface area contributed by atoms with Crippen LogP contribution >= 0.6 is 27.5 Å². The molecule has 2 amide bonds. The number of amides is 2. The highest BCUT2D eigenvalue weighted by molar-refractivity contribution is 9.10. The zero-order valence-corrected chi connectivity index (χ0v) is 18.6. The third-order valence-electron chi connectivity index (χ3n) is 4.71. The van der Waals surface area contributed by atoms with Crippen LogP contribution in [0.15, 0.2) is 40.9 Å². The van der Waals surface area contributed by atoms with E-state index in [-0.39, 0.29) is 24.6 Å². The molecule has 1 heterocycles. The van der Waals surface area contributed by atoms with Crippen molar-refractivity contribution in [2.24, 2.45) is 5.92 Å².